The van der Waals surface area contributed by atoms with E-state index < -0.39 is 0 Å². The van der Waals surface area contributed by atoms with Crippen molar-refractivity contribution in [3.8, 4) is 17.1 Å². The predicted octanol–water partition coefficient (Wildman–Crippen LogP) is 2.18. The molecular formula is C9H7ClN2O2. The number of benzene rings is 1. The Labute approximate surface area is 85.1 Å². The average Bonchev–Trinajstić information content (AvgIpc) is 2.66. The highest BCUT2D eigenvalue weighted by atomic mass is 35.5. The Hall–Kier alpha value is -1.55. The van der Waals surface area contributed by atoms with E-state index in [4.69, 9.17) is 16.1 Å². The lowest BCUT2D eigenvalue weighted by Gasteiger charge is -1.94. The summed E-state index contributed by atoms with van der Waals surface area (Å²) in [5.41, 5.74) is 0.699. The zero-order chi connectivity index (χ0) is 9.97. The first-order valence-corrected chi connectivity index (χ1v) is 4.51. The third-order valence-corrected chi connectivity index (χ3v) is 1.92. The van der Waals surface area contributed by atoms with Crippen molar-refractivity contribution in [3.63, 3.8) is 0 Å². The lowest BCUT2D eigenvalue weighted by molar-refractivity contribution is 0.391. The van der Waals surface area contributed by atoms with Gasteiger partial charge in [0.05, 0.1) is 0 Å². The normalized spacial score (nSPS) is 10.4. The number of aromatic nitrogens is 2. The van der Waals surface area contributed by atoms with Crippen molar-refractivity contribution >= 4 is 11.6 Å². The van der Waals surface area contributed by atoms with Gasteiger partial charge in [-0.1, -0.05) is 17.3 Å². The zero-order valence-electron chi connectivity index (χ0n) is 7.14. The molecule has 14 heavy (non-hydrogen) atoms. The molecule has 1 aromatic carbocycles. The lowest BCUT2D eigenvalue weighted by atomic mass is 10.2. The molecule has 0 atom stereocenters. The van der Waals surface area contributed by atoms with Crippen LogP contribution in [-0.4, -0.2) is 15.2 Å². The summed E-state index contributed by atoms with van der Waals surface area (Å²) in [7, 11) is 0. The highest BCUT2D eigenvalue weighted by Gasteiger charge is 2.07. The number of rotatable bonds is 2. The zero-order valence-corrected chi connectivity index (χ0v) is 7.90. The fourth-order valence-corrected chi connectivity index (χ4v) is 1.18. The smallest absolute Gasteiger partial charge is 0.241 e. The number of hydrogen-bond acceptors (Lipinski definition) is 4. The van der Waals surface area contributed by atoms with E-state index in [0.717, 1.165) is 0 Å². The molecule has 0 fully saturated rings. The van der Waals surface area contributed by atoms with Gasteiger partial charge in [-0.2, -0.15) is 4.98 Å². The number of nitrogens with zero attached hydrogens (tertiary/aromatic N) is 2. The van der Waals surface area contributed by atoms with Crippen molar-refractivity contribution in [2.75, 3.05) is 0 Å². The number of halogens is 1. The fraction of sp³-hybridized carbons (Fsp3) is 0.111. The van der Waals surface area contributed by atoms with Crippen LogP contribution in [0.15, 0.2) is 28.8 Å². The highest BCUT2D eigenvalue weighted by molar-refractivity contribution is 6.16. The molecule has 2 aromatic rings. The van der Waals surface area contributed by atoms with E-state index in [1.807, 2.05) is 0 Å². The number of phenols is 1. The first kappa shape index (κ1) is 9.02. The molecule has 2 rings (SSSR count). The van der Waals surface area contributed by atoms with Gasteiger partial charge in [-0.05, 0) is 12.1 Å². The molecule has 1 N–H and O–H groups in total. The van der Waals surface area contributed by atoms with E-state index in [0.29, 0.717) is 17.3 Å². The number of aromatic hydroxyl groups is 1. The summed E-state index contributed by atoms with van der Waals surface area (Å²) in [4.78, 5) is 4.02. The van der Waals surface area contributed by atoms with Crippen molar-refractivity contribution in [2.24, 2.45) is 0 Å². The van der Waals surface area contributed by atoms with E-state index >= 15 is 0 Å². The molecule has 0 aliphatic rings. The van der Waals surface area contributed by atoms with Gasteiger partial charge in [-0.15, -0.1) is 11.6 Å². The van der Waals surface area contributed by atoms with Gasteiger partial charge in [0.1, 0.15) is 11.6 Å². The molecule has 0 bridgehead atoms. The van der Waals surface area contributed by atoms with Crippen LogP contribution in [0.2, 0.25) is 0 Å². The molecule has 5 heteroatoms. The summed E-state index contributed by atoms with van der Waals surface area (Å²) in [6, 6.07) is 6.62. The molecule has 72 valence electrons. The van der Waals surface area contributed by atoms with Crippen LogP contribution in [0, 0.1) is 0 Å². The van der Waals surface area contributed by atoms with Crippen LogP contribution < -0.4 is 0 Å². The lowest BCUT2D eigenvalue weighted by Crippen LogP contribution is -1.80. The van der Waals surface area contributed by atoms with Crippen molar-refractivity contribution in [1.82, 2.24) is 10.1 Å². The summed E-state index contributed by atoms with van der Waals surface area (Å²) in [5.74, 6) is 1.15. The molecule has 4 nitrogen and oxygen atoms in total. The Morgan fingerprint density at radius 2 is 2.29 bits per heavy atom. The van der Waals surface area contributed by atoms with Gasteiger partial charge in [-0.3, -0.25) is 0 Å². The van der Waals surface area contributed by atoms with Gasteiger partial charge in [0.15, 0.2) is 0 Å². The second-order valence-electron chi connectivity index (χ2n) is 2.70. The fourth-order valence-electron chi connectivity index (χ4n) is 1.07. The molecule has 0 aliphatic heterocycles. The number of alkyl halides is 1. The average molecular weight is 211 g/mol. The Balaban J connectivity index is 2.39. The van der Waals surface area contributed by atoms with E-state index in [1.54, 1.807) is 24.3 Å². The monoisotopic (exact) mass is 210 g/mol. The Morgan fingerprint density at radius 3 is 2.93 bits per heavy atom. The first-order valence-electron chi connectivity index (χ1n) is 3.97. The van der Waals surface area contributed by atoms with E-state index in [1.165, 1.54) is 0 Å². The third-order valence-electron chi connectivity index (χ3n) is 1.69. The summed E-state index contributed by atoms with van der Waals surface area (Å²) < 4.78 is 4.83. The van der Waals surface area contributed by atoms with Gasteiger partial charge < -0.3 is 9.63 Å². The number of phenolic OH excluding ortho intramolecular Hbond substituents is 1. The number of hydrogen-bond donors (Lipinski definition) is 1. The molecule has 0 saturated carbocycles. The van der Waals surface area contributed by atoms with Crippen molar-refractivity contribution < 1.29 is 9.63 Å². The molecule has 0 unspecified atom stereocenters. The summed E-state index contributed by atoms with van der Waals surface area (Å²) in [6.07, 6.45) is 0. The van der Waals surface area contributed by atoms with Crippen LogP contribution in [0.25, 0.3) is 11.4 Å². The van der Waals surface area contributed by atoms with Crippen LogP contribution >= 0.6 is 11.6 Å². The van der Waals surface area contributed by atoms with Crippen molar-refractivity contribution in [2.45, 2.75) is 5.88 Å². The van der Waals surface area contributed by atoms with Gasteiger partial charge in [-0.25, -0.2) is 0 Å². The molecule has 0 radical (unpaired) electrons. The van der Waals surface area contributed by atoms with Crippen LogP contribution in [0.5, 0.6) is 5.75 Å². The molecular weight excluding hydrogens is 204 g/mol. The molecule has 0 spiro atoms. The minimum atomic E-state index is 0.166. The Morgan fingerprint density at radius 1 is 1.43 bits per heavy atom. The van der Waals surface area contributed by atoms with Crippen LogP contribution in [0.3, 0.4) is 0 Å². The maximum atomic E-state index is 9.23. The van der Waals surface area contributed by atoms with Gasteiger partial charge in [0, 0.05) is 5.56 Å². The van der Waals surface area contributed by atoms with Crippen molar-refractivity contribution in [3.05, 3.63) is 30.2 Å². The molecule has 0 aliphatic carbocycles. The maximum Gasteiger partial charge on any atom is 0.241 e. The minimum absolute atomic E-state index is 0.166. The third kappa shape index (κ3) is 1.70. The topological polar surface area (TPSA) is 59.2 Å². The SMILES string of the molecule is Oc1cccc(-c2noc(CCl)n2)c1. The van der Waals surface area contributed by atoms with Gasteiger partial charge >= 0.3 is 0 Å². The van der Waals surface area contributed by atoms with Crippen LogP contribution in [0.1, 0.15) is 5.89 Å². The summed E-state index contributed by atoms with van der Waals surface area (Å²) in [5, 5.41) is 12.9. The second kappa shape index (κ2) is 3.67. The van der Waals surface area contributed by atoms with Crippen LogP contribution in [0.4, 0.5) is 0 Å². The Bertz CT molecular complexity index is 442. The van der Waals surface area contributed by atoms with E-state index in [2.05, 4.69) is 10.1 Å². The maximum absolute atomic E-state index is 9.23. The summed E-state index contributed by atoms with van der Waals surface area (Å²) >= 11 is 5.51. The van der Waals surface area contributed by atoms with Gasteiger partial charge in [0.2, 0.25) is 11.7 Å². The van der Waals surface area contributed by atoms with E-state index in [-0.39, 0.29) is 11.6 Å². The first-order chi connectivity index (χ1) is 6.79. The standard InChI is InChI=1S/C9H7ClN2O2/c10-5-8-11-9(12-14-8)6-2-1-3-7(13)4-6/h1-4,13H,5H2. The Kier molecular flexibility index (Phi) is 2.37. The van der Waals surface area contributed by atoms with Crippen LogP contribution in [-0.2, 0) is 5.88 Å². The predicted molar refractivity (Wildman–Crippen MR) is 51.0 cm³/mol. The second-order valence-corrected chi connectivity index (χ2v) is 2.96. The highest BCUT2D eigenvalue weighted by Crippen LogP contribution is 2.20. The molecule has 0 amide bonds. The largest absolute Gasteiger partial charge is 0.508 e. The van der Waals surface area contributed by atoms with Crippen molar-refractivity contribution in [1.29, 1.82) is 0 Å². The minimum Gasteiger partial charge on any atom is -0.508 e. The van der Waals surface area contributed by atoms with E-state index in [9.17, 15) is 5.11 Å². The quantitative estimate of drug-likeness (QED) is 0.772. The molecule has 1 aromatic heterocycles. The molecule has 1 heterocycles. The molecule has 0 saturated heterocycles. The summed E-state index contributed by atoms with van der Waals surface area (Å²) in [6.45, 7) is 0. The van der Waals surface area contributed by atoms with Gasteiger partial charge in [0.25, 0.3) is 0 Å².